The van der Waals surface area contributed by atoms with Gasteiger partial charge >= 0.3 is 0 Å². The summed E-state index contributed by atoms with van der Waals surface area (Å²) >= 11 is 0. The van der Waals surface area contributed by atoms with Crippen LogP contribution in [0.15, 0.2) is 24.3 Å². The molecule has 0 saturated heterocycles. The van der Waals surface area contributed by atoms with Crippen LogP contribution in [0, 0.1) is 11.3 Å². The number of hydrogen-bond acceptors (Lipinski definition) is 2. The molecule has 2 heteroatoms. The van der Waals surface area contributed by atoms with Crippen molar-refractivity contribution in [3.8, 4) is 6.07 Å². The lowest BCUT2D eigenvalue weighted by atomic mass is 9.98. The van der Waals surface area contributed by atoms with Gasteiger partial charge in [-0.15, -0.1) is 0 Å². The summed E-state index contributed by atoms with van der Waals surface area (Å²) < 4.78 is 5.44. The normalized spacial score (nSPS) is 12.1. The molecule has 0 radical (unpaired) electrons. The molecule has 0 fully saturated rings. The molecule has 1 rings (SSSR count). The van der Waals surface area contributed by atoms with E-state index in [1.54, 1.807) is 7.11 Å². The van der Waals surface area contributed by atoms with Crippen molar-refractivity contribution >= 4 is 0 Å². The minimum Gasteiger partial charge on any atom is -0.381 e. The summed E-state index contributed by atoms with van der Waals surface area (Å²) in [6.07, 6.45) is 3.85. The Kier molecular flexibility index (Phi) is 5.60. The van der Waals surface area contributed by atoms with Crippen LogP contribution in [0.1, 0.15) is 30.9 Å². The lowest BCUT2D eigenvalue weighted by molar-refractivity contribution is 0.0948. The second-order valence-electron chi connectivity index (χ2n) is 3.95. The van der Waals surface area contributed by atoms with Crippen LogP contribution >= 0.6 is 0 Å². The van der Waals surface area contributed by atoms with Gasteiger partial charge in [0.15, 0.2) is 0 Å². The highest BCUT2D eigenvalue weighted by molar-refractivity contribution is 5.29. The predicted octanol–water partition coefficient (Wildman–Crippen LogP) is 3.11. The molecule has 0 saturated carbocycles. The maximum Gasteiger partial charge on any atom is 0.0669 e. The molecule has 1 aromatic carbocycles. The third kappa shape index (κ3) is 3.67. The van der Waals surface area contributed by atoms with Gasteiger partial charge in [0.1, 0.15) is 0 Å². The lowest BCUT2D eigenvalue weighted by Gasteiger charge is -2.16. The molecule has 0 amide bonds. The monoisotopic (exact) mass is 217 g/mol. The first kappa shape index (κ1) is 12.7. The maximum absolute atomic E-state index is 8.76. The van der Waals surface area contributed by atoms with Crippen LogP contribution in [0.2, 0.25) is 0 Å². The van der Waals surface area contributed by atoms with E-state index in [2.05, 4.69) is 19.1 Å². The Labute approximate surface area is 97.9 Å². The van der Waals surface area contributed by atoms with Gasteiger partial charge in [0.2, 0.25) is 0 Å². The summed E-state index contributed by atoms with van der Waals surface area (Å²) in [6.45, 7) is 2.16. The number of nitrogens with zero attached hydrogens (tertiary/aromatic N) is 1. The quantitative estimate of drug-likeness (QED) is 0.733. The Morgan fingerprint density at radius 1 is 1.31 bits per heavy atom. The first-order chi connectivity index (χ1) is 7.81. The molecule has 0 aliphatic carbocycles. The minimum absolute atomic E-state index is 0.268. The Balaban J connectivity index is 2.75. The van der Waals surface area contributed by atoms with Crippen LogP contribution < -0.4 is 0 Å². The van der Waals surface area contributed by atoms with Gasteiger partial charge in [0.05, 0.1) is 18.6 Å². The number of hydrogen-bond donors (Lipinski definition) is 0. The highest BCUT2D eigenvalue weighted by Crippen LogP contribution is 2.15. The van der Waals surface area contributed by atoms with Crippen molar-refractivity contribution in [2.75, 3.05) is 7.11 Å². The van der Waals surface area contributed by atoms with E-state index in [4.69, 9.17) is 10.00 Å². The first-order valence-corrected chi connectivity index (χ1v) is 5.78. The number of methoxy groups -OCH3 is 1. The molecule has 0 N–H and O–H groups in total. The Hall–Kier alpha value is -1.33. The molecular weight excluding hydrogens is 198 g/mol. The van der Waals surface area contributed by atoms with Crippen molar-refractivity contribution in [3.05, 3.63) is 35.4 Å². The van der Waals surface area contributed by atoms with Crippen molar-refractivity contribution in [1.82, 2.24) is 0 Å². The summed E-state index contributed by atoms with van der Waals surface area (Å²) in [4.78, 5) is 0. The minimum atomic E-state index is 0.268. The zero-order valence-corrected chi connectivity index (χ0v) is 10.1. The van der Waals surface area contributed by atoms with E-state index < -0.39 is 0 Å². The van der Waals surface area contributed by atoms with Gasteiger partial charge in [-0.3, -0.25) is 0 Å². The van der Waals surface area contributed by atoms with E-state index in [0.29, 0.717) is 6.42 Å². The van der Waals surface area contributed by atoms with Gasteiger partial charge in [-0.2, -0.15) is 5.26 Å². The van der Waals surface area contributed by atoms with Gasteiger partial charge in [0.25, 0.3) is 0 Å². The molecule has 0 aliphatic heterocycles. The molecule has 0 bridgehead atoms. The zero-order valence-electron chi connectivity index (χ0n) is 10.1. The Bertz CT molecular complexity index is 354. The van der Waals surface area contributed by atoms with Crippen molar-refractivity contribution in [1.29, 1.82) is 5.26 Å². The molecule has 0 spiro atoms. The first-order valence-electron chi connectivity index (χ1n) is 5.78. The van der Waals surface area contributed by atoms with Crippen LogP contribution in [0.25, 0.3) is 0 Å². The lowest BCUT2D eigenvalue weighted by Crippen LogP contribution is -2.14. The molecular formula is C14H19NO. The van der Waals surface area contributed by atoms with Crippen LogP contribution in [0.4, 0.5) is 0 Å². The molecule has 2 nitrogen and oxygen atoms in total. The zero-order chi connectivity index (χ0) is 11.8. The second-order valence-corrected chi connectivity index (χ2v) is 3.95. The van der Waals surface area contributed by atoms with Gasteiger partial charge in [-0.1, -0.05) is 37.6 Å². The maximum atomic E-state index is 8.76. The smallest absolute Gasteiger partial charge is 0.0669 e. The van der Waals surface area contributed by atoms with Gasteiger partial charge in [-0.25, -0.2) is 0 Å². The van der Waals surface area contributed by atoms with Crippen molar-refractivity contribution in [2.45, 2.75) is 38.7 Å². The van der Waals surface area contributed by atoms with Crippen LogP contribution in [0.3, 0.4) is 0 Å². The van der Waals surface area contributed by atoms with E-state index >= 15 is 0 Å². The van der Waals surface area contributed by atoms with Gasteiger partial charge < -0.3 is 4.74 Å². The standard InChI is InChI=1S/C14H19NO/c1-3-6-14(16-2)11-13-8-5-4-7-12(13)9-10-15/h4-5,7-8,14H,3,6,9,11H2,1-2H3. The number of rotatable bonds is 6. The summed E-state index contributed by atoms with van der Waals surface area (Å²) in [7, 11) is 1.76. The number of benzene rings is 1. The average Bonchev–Trinajstić information content (AvgIpc) is 2.31. The van der Waals surface area contributed by atoms with E-state index in [0.717, 1.165) is 24.8 Å². The summed E-state index contributed by atoms with van der Waals surface area (Å²) in [5.74, 6) is 0. The van der Waals surface area contributed by atoms with E-state index in [1.807, 2.05) is 18.2 Å². The van der Waals surface area contributed by atoms with Crippen LogP contribution in [0.5, 0.6) is 0 Å². The fourth-order valence-electron chi connectivity index (χ4n) is 1.88. The molecule has 0 aromatic heterocycles. The molecule has 0 heterocycles. The van der Waals surface area contributed by atoms with E-state index in [1.165, 1.54) is 5.56 Å². The Morgan fingerprint density at radius 3 is 2.56 bits per heavy atom. The predicted molar refractivity (Wildman–Crippen MR) is 65.2 cm³/mol. The van der Waals surface area contributed by atoms with Gasteiger partial charge in [0, 0.05) is 7.11 Å². The average molecular weight is 217 g/mol. The Morgan fingerprint density at radius 2 is 2.00 bits per heavy atom. The summed E-state index contributed by atoms with van der Waals surface area (Å²) in [6, 6.07) is 10.3. The molecule has 1 atom stereocenters. The second kappa shape index (κ2) is 7.03. The van der Waals surface area contributed by atoms with E-state index in [-0.39, 0.29) is 6.10 Å². The summed E-state index contributed by atoms with van der Waals surface area (Å²) in [5, 5.41) is 8.76. The number of ether oxygens (including phenoxy) is 1. The largest absolute Gasteiger partial charge is 0.381 e. The topological polar surface area (TPSA) is 33.0 Å². The SMILES string of the molecule is CCCC(Cc1ccccc1CC#N)OC. The van der Waals surface area contributed by atoms with Crippen molar-refractivity contribution in [3.63, 3.8) is 0 Å². The third-order valence-corrected chi connectivity index (χ3v) is 2.78. The molecule has 86 valence electrons. The molecule has 0 aliphatic rings. The highest BCUT2D eigenvalue weighted by atomic mass is 16.5. The van der Waals surface area contributed by atoms with Crippen molar-refractivity contribution < 1.29 is 4.74 Å². The summed E-state index contributed by atoms with van der Waals surface area (Å²) in [5.41, 5.74) is 2.37. The van der Waals surface area contributed by atoms with Crippen molar-refractivity contribution in [2.24, 2.45) is 0 Å². The fraction of sp³-hybridized carbons (Fsp3) is 0.500. The molecule has 16 heavy (non-hydrogen) atoms. The van der Waals surface area contributed by atoms with Crippen LogP contribution in [-0.2, 0) is 17.6 Å². The van der Waals surface area contributed by atoms with Gasteiger partial charge in [-0.05, 0) is 24.0 Å². The van der Waals surface area contributed by atoms with E-state index in [9.17, 15) is 0 Å². The number of nitriles is 1. The fourth-order valence-corrected chi connectivity index (χ4v) is 1.88. The van der Waals surface area contributed by atoms with Crippen LogP contribution in [-0.4, -0.2) is 13.2 Å². The third-order valence-electron chi connectivity index (χ3n) is 2.78. The molecule has 1 unspecified atom stereocenters. The molecule has 1 aromatic rings. The highest BCUT2D eigenvalue weighted by Gasteiger charge is 2.09.